The highest BCUT2D eigenvalue weighted by Crippen LogP contribution is 2.65. The molecule has 0 amide bonds. The van der Waals surface area contributed by atoms with Gasteiger partial charge in [0, 0.05) is 27.6 Å². The third-order valence-electron chi connectivity index (χ3n) is 16.1. The minimum atomic E-state index is -0.637. The quantitative estimate of drug-likeness (QED) is 0.176. The third-order valence-corrected chi connectivity index (χ3v) is 16.1. The van der Waals surface area contributed by atoms with E-state index < -0.39 is 5.41 Å². The zero-order chi connectivity index (χ0) is 44.9. The Hall–Kier alpha value is -8.20. The van der Waals surface area contributed by atoms with Gasteiger partial charge in [0.2, 0.25) is 0 Å². The van der Waals surface area contributed by atoms with Crippen molar-refractivity contribution in [2.75, 3.05) is 4.90 Å². The summed E-state index contributed by atoms with van der Waals surface area (Å²) >= 11 is 0. The Kier molecular flexibility index (Phi) is 7.64. The van der Waals surface area contributed by atoms with Crippen LogP contribution in [-0.4, -0.2) is 0 Å². The maximum atomic E-state index is 6.92. The van der Waals surface area contributed by atoms with Gasteiger partial charge in [0.1, 0.15) is 5.58 Å². The Morgan fingerprint density at radius 3 is 1.82 bits per heavy atom. The largest absolute Gasteiger partial charge is 0.454 e. The van der Waals surface area contributed by atoms with Gasteiger partial charge >= 0.3 is 0 Å². The molecule has 0 aliphatic heterocycles. The zero-order valence-electron chi connectivity index (χ0n) is 38.0. The van der Waals surface area contributed by atoms with Crippen LogP contribution in [-0.2, 0) is 17.3 Å². The molecule has 2 nitrogen and oxygen atoms in total. The Morgan fingerprint density at radius 1 is 0.441 bits per heavy atom. The lowest BCUT2D eigenvalue weighted by Crippen LogP contribution is -2.30. The summed E-state index contributed by atoms with van der Waals surface area (Å²) in [6, 6.07) is 75.4. The second-order valence-electron chi connectivity index (χ2n) is 19.7. The molecule has 1 heterocycles. The number of para-hydroxylation sites is 2. The summed E-state index contributed by atoms with van der Waals surface area (Å²) in [6.07, 6.45) is 6.90. The van der Waals surface area contributed by atoms with Crippen LogP contribution < -0.4 is 4.90 Å². The molecule has 0 N–H and O–H groups in total. The van der Waals surface area contributed by atoms with Gasteiger partial charge < -0.3 is 9.32 Å². The van der Waals surface area contributed by atoms with E-state index in [4.69, 9.17) is 4.42 Å². The van der Waals surface area contributed by atoms with Gasteiger partial charge in [0.15, 0.2) is 5.58 Å². The molecule has 1 aromatic heterocycles. The van der Waals surface area contributed by atoms with Crippen LogP contribution in [0.2, 0.25) is 0 Å². The second-order valence-corrected chi connectivity index (χ2v) is 19.7. The molecule has 4 aliphatic rings. The van der Waals surface area contributed by atoms with Crippen LogP contribution in [0, 0.1) is 0 Å². The number of nitrogens with zero attached hydrogens (tertiary/aromatic N) is 1. The summed E-state index contributed by atoms with van der Waals surface area (Å²) in [5.74, 6) is 0. The molecule has 0 saturated carbocycles. The van der Waals surface area contributed by atoms with Crippen molar-refractivity contribution in [3.05, 3.63) is 251 Å². The van der Waals surface area contributed by atoms with E-state index in [9.17, 15) is 0 Å². The number of allylic oxidation sites excluding steroid dienone is 1. The van der Waals surface area contributed by atoms with Gasteiger partial charge in [-0.15, -0.1) is 0 Å². The predicted molar refractivity (Wildman–Crippen MR) is 283 cm³/mol. The van der Waals surface area contributed by atoms with Gasteiger partial charge in [-0.05, 0) is 149 Å². The number of fused-ring (bicyclic) bond motifs is 23. The van der Waals surface area contributed by atoms with Crippen LogP contribution >= 0.6 is 0 Å². The number of benzene rings is 10. The van der Waals surface area contributed by atoms with Crippen molar-refractivity contribution in [2.24, 2.45) is 0 Å². The number of furan rings is 1. The number of anilines is 3. The van der Waals surface area contributed by atoms with Crippen molar-refractivity contribution < 1.29 is 4.42 Å². The molecule has 1 atom stereocenters. The Morgan fingerprint density at radius 2 is 1.01 bits per heavy atom. The summed E-state index contributed by atoms with van der Waals surface area (Å²) < 4.78 is 6.92. The molecule has 68 heavy (non-hydrogen) atoms. The first-order valence-electron chi connectivity index (χ1n) is 24.1. The Labute approximate surface area is 396 Å². The molecule has 15 rings (SSSR count). The lowest BCUT2D eigenvalue weighted by molar-refractivity contribution is 0.660. The van der Waals surface area contributed by atoms with E-state index in [0.29, 0.717) is 0 Å². The maximum Gasteiger partial charge on any atom is 0.159 e. The van der Waals surface area contributed by atoms with Gasteiger partial charge in [-0.1, -0.05) is 190 Å². The molecule has 0 radical (unpaired) electrons. The molecule has 320 valence electrons. The average Bonchev–Trinajstić information content (AvgIpc) is 3.98. The fraction of sp³-hybridized carbons (Fsp3) is 0.0909. The molecule has 1 unspecified atom stereocenters. The van der Waals surface area contributed by atoms with Crippen LogP contribution in [0.3, 0.4) is 0 Å². The average molecular weight is 868 g/mol. The highest BCUT2D eigenvalue weighted by Gasteiger charge is 2.52. The lowest BCUT2D eigenvalue weighted by atomic mass is 9.64. The van der Waals surface area contributed by atoms with Crippen molar-refractivity contribution in [1.82, 2.24) is 0 Å². The Balaban J connectivity index is 1.07. The highest BCUT2D eigenvalue weighted by atomic mass is 16.3. The highest BCUT2D eigenvalue weighted by molar-refractivity contribution is 6.12. The summed E-state index contributed by atoms with van der Waals surface area (Å²) in [7, 11) is 0. The van der Waals surface area contributed by atoms with E-state index >= 15 is 0 Å². The summed E-state index contributed by atoms with van der Waals surface area (Å²) in [5, 5.41) is 4.92. The number of rotatable bonds is 3. The predicted octanol–water partition coefficient (Wildman–Crippen LogP) is 17.5. The third kappa shape index (κ3) is 4.81. The van der Waals surface area contributed by atoms with E-state index in [1.54, 1.807) is 0 Å². The minimum absolute atomic E-state index is 0.176. The standard InChI is InChI=1S/C66H45NO/c1-65(2)55-29-13-9-23-47(55)48-36-34-41(39-59(48)65)67(60-32-17-28-52-49-24-12-16-33-61(49)68-64(52)60)40-35-37-58-54(38-40)45-21-4-3-18-42(45)46-22-10-14-30-56(46)66(58)57-31-15-11-27-53(57)62-50-25-7-5-19-43(50)44-20-6-8-26-51(44)63(62)66/h3-4,6-18,20-39H,5,19H2,1-2H3. The maximum absolute atomic E-state index is 6.92. The van der Waals surface area contributed by atoms with E-state index in [0.717, 1.165) is 51.8 Å². The smallest absolute Gasteiger partial charge is 0.159 e. The van der Waals surface area contributed by atoms with E-state index in [-0.39, 0.29) is 5.41 Å². The number of hydrogen-bond acceptors (Lipinski definition) is 2. The van der Waals surface area contributed by atoms with Gasteiger partial charge in [0.05, 0.1) is 11.1 Å². The van der Waals surface area contributed by atoms with Gasteiger partial charge in [-0.25, -0.2) is 0 Å². The van der Waals surface area contributed by atoms with Gasteiger partial charge in [-0.2, -0.15) is 0 Å². The molecular formula is C66H45NO. The van der Waals surface area contributed by atoms with Crippen LogP contribution in [0.1, 0.15) is 64.8 Å². The number of hydrogen-bond donors (Lipinski definition) is 0. The van der Waals surface area contributed by atoms with Crippen molar-refractivity contribution >= 4 is 55.8 Å². The molecule has 2 heteroatoms. The molecular weight excluding hydrogens is 823 g/mol. The van der Waals surface area contributed by atoms with Crippen molar-refractivity contribution in [1.29, 1.82) is 0 Å². The molecule has 4 aliphatic carbocycles. The Bertz CT molecular complexity index is 4030. The lowest BCUT2D eigenvalue weighted by Gasteiger charge is -2.37. The van der Waals surface area contributed by atoms with Crippen molar-refractivity contribution in [3.8, 4) is 44.5 Å². The first-order chi connectivity index (χ1) is 33.5. The summed E-state index contributed by atoms with van der Waals surface area (Å²) in [6.45, 7) is 4.74. The first-order valence-corrected chi connectivity index (χ1v) is 24.1. The second kappa shape index (κ2) is 13.7. The number of aryl methyl sites for hydroxylation is 1. The van der Waals surface area contributed by atoms with E-state index in [1.165, 1.54) is 99.8 Å². The van der Waals surface area contributed by atoms with Crippen LogP contribution in [0.15, 0.2) is 211 Å². The van der Waals surface area contributed by atoms with Crippen molar-refractivity contribution in [2.45, 2.75) is 37.5 Å². The molecule has 10 aromatic carbocycles. The summed E-state index contributed by atoms with van der Waals surface area (Å²) in [5.41, 5.74) is 25.3. The van der Waals surface area contributed by atoms with Crippen LogP contribution in [0.5, 0.6) is 0 Å². The first kappa shape index (κ1) is 38.0. The van der Waals surface area contributed by atoms with Crippen LogP contribution in [0.4, 0.5) is 17.1 Å². The molecule has 0 saturated heterocycles. The molecule has 0 fully saturated rings. The van der Waals surface area contributed by atoms with Crippen molar-refractivity contribution in [3.63, 3.8) is 0 Å². The zero-order valence-corrected chi connectivity index (χ0v) is 38.0. The SMILES string of the molecule is CC1(C)c2ccccc2-c2ccc(N(c3ccc4c(c3)-c3ccccc3-c3ccccc3C43c4ccccc4-c4c5c(c6ccccc6c43)CCC=C5)c3cccc4c3oc3ccccc34)cc21. The summed E-state index contributed by atoms with van der Waals surface area (Å²) in [4.78, 5) is 2.46. The topological polar surface area (TPSA) is 16.4 Å². The minimum Gasteiger partial charge on any atom is -0.454 e. The molecule has 0 bridgehead atoms. The van der Waals surface area contributed by atoms with Gasteiger partial charge in [0.25, 0.3) is 0 Å². The molecule has 11 aromatic rings. The fourth-order valence-corrected chi connectivity index (χ4v) is 13.3. The van der Waals surface area contributed by atoms with Gasteiger partial charge in [-0.3, -0.25) is 0 Å². The molecule has 1 spiro atoms. The van der Waals surface area contributed by atoms with E-state index in [2.05, 4.69) is 231 Å². The van der Waals surface area contributed by atoms with Crippen LogP contribution in [0.25, 0.3) is 83.3 Å². The fourth-order valence-electron chi connectivity index (χ4n) is 13.3. The normalized spacial score (nSPS) is 16.4. The van der Waals surface area contributed by atoms with E-state index in [1.807, 2.05) is 0 Å². The monoisotopic (exact) mass is 867 g/mol.